The van der Waals surface area contributed by atoms with Gasteiger partial charge in [0.15, 0.2) is 0 Å². The number of halogens is 3. The maximum absolute atomic E-state index is 9.88. The molecule has 0 aromatic heterocycles. The van der Waals surface area contributed by atoms with Crippen molar-refractivity contribution in [3.63, 3.8) is 0 Å². The van der Waals surface area contributed by atoms with E-state index in [-0.39, 0.29) is 37.7 Å². The van der Waals surface area contributed by atoms with Gasteiger partial charge >= 0.3 is 78.4 Å². The van der Waals surface area contributed by atoms with Gasteiger partial charge in [-0.3, -0.25) is 0 Å². The molecule has 0 atom stereocenters. The van der Waals surface area contributed by atoms with E-state index < -0.39 is 37.9 Å². The quantitative estimate of drug-likeness (QED) is 0.535. The Morgan fingerprint density at radius 1 is 1.00 bits per heavy atom. The molecule has 0 heterocycles. The van der Waals surface area contributed by atoms with Crippen LogP contribution in [0.25, 0.3) is 0 Å². The van der Waals surface area contributed by atoms with Gasteiger partial charge in [0.2, 0.25) is 0 Å². The van der Waals surface area contributed by atoms with Crippen molar-refractivity contribution in [1.82, 2.24) is 0 Å². The Labute approximate surface area is 76.4 Å². The first-order valence-electron chi connectivity index (χ1n) is 0.567. The Morgan fingerprint density at radius 3 is 1.00 bits per heavy atom. The zero-order valence-corrected chi connectivity index (χ0v) is 4.77. The summed E-state index contributed by atoms with van der Waals surface area (Å²) in [5.74, 6) is 0. The van der Waals surface area contributed by atoms with E-state index >= 15 is 0 Å². The molecule has 0 aliphatic carbocycles. The van der Waals surface area contributed by atoms with Crippen LogP contribution in [0, 0.1) is 37.9 Å². The van der Waals surface area contributed by atoms with Crippen molar-refractivity contribution in [1.29, 1.82) is 0 Å². The summed E-state index contributed by atoms with van der Waals surface area (Å²) in [5, 5.41) is 0. The van der Waals surface area contributed by atoms with Crippen LogP contribution in [0.1, 0.15) is 0 Å². The van der Waals surface area contributed by atoms with Crippen LogP contribution in [-0.4, -0.2) is 37.7 Å². The van der Waals surface area contributed by atoms with Gasteiger partial charge in [-0.05, 0) is 0 Å². The summed E-state index contributed by atoms with van der Waals surface area (Å²) in [6.07, 6.45) is 0. The third-order valence-electron chi connectivity index (χ3n) is 0. The first kappa shape index (κ1) is 10.4. The molecule has 0 spiro atoms. The van der Waals surface area contributed by atoms with Crippen LogP contribution in [0.5, 0.6) is 0 Å². The molecule has 0 nitrogen and oxygen atoms in total. The normalized spacial score (nSPS) is 5.40. The van der Waals surface area contributed by atoms with E-state index in [0.717, 1.165) is 0 Å². The Balaban J connectivity index is 0. The summed E-state index contributed by atoms with van der Waals surface area (Å²) in [4.78, 5) is 0. The molecule has 0 bridgehead atoms. The predicted molar refractivity (Wildman–Crippen MR) is 11.9 cm³/mol. The molecule has 0 aliphatic heterocycles. The summed E-state index contributed by atoms with van der Waals surface area (Å²) >= 11 is -5.16. The van der Waals surface area contributed by atoms with Crippen LogP contribution in [0.2, 0.25) is 0 Å². The molecule has 0 amide bonds. The van der Waals surface area contributed by atoms with Gasteiger partial charge in [-0.2, -0.15) is 0 Å². The van der Waals surface area contributed by atoms with Crippen molar-refractivity contribution in [2.24, 2.45) is 0 Å². The number of hydrogen-bond donors (Lipinski definition) is 0. The van der Waals surface area contributed by atoms with E-state index in [1.54, 1.807) is 0 Å². The molecule has 0 rings (SSSR count). The number of rotatable bonds is 0. The van der Waals surface area contributed by atoms with Crippen molar-refractivity contribution in [3.05, 3.63) is 0 Å². The van der Waals surface area contributed by atoms with Crippen molar-refractivity contribution >= 4 is 37.7 Å². The monoisotopic (exact) mass is 239 g/mol. The first-order valence-corrected chi connectivity index (χ1v) is 4.13. The van der Waals surface area contributed by atoms with Gasteiger partial charge in [-0.25, -0.2) is 0 Å². The summed E-state index contributed by atoms with van der Waals surface area (Å²) < 4.78 is 29.6. The first-order chi connectivity index (χ1) is 1.73. The molecule has 0 aliphatic rings. The summed E-state index contributed by atoms with van der Waals surface area (Å²) in [6.45, 7) is 0. The Hall–Kier alpha value is 2.43. The molecular formula is H2CaCeF3. The van der Waals surface area contributed by atoms with E-state index in [9.17, 15) is 2.73 Å². The van der Waals surface area contributed by atoms with Crippen molar-refractivity contribution in [3.8, 4) is 0 Å². The van der Waals surface area contributed by atoms with Crippen molar-refractivity contribution in [2.75, 3.05) is 0 Å². The van der Waals surface area contributed by atoms with Gasteiger partial charge in [-0.15, -0.1) is 0 Å². The zero-order valence-electron chi connectivity index (χ0n) is 1.63. The van der Waals surface area contributed by atoms with E-state index in [4.69, 9.17) is 0 Å². The van der Waals surface area contributed by atoms with Gasteiger partial charge in [0.25, 0.3) is 0 Å². The van der Waals surface area contributed by atoms with Crippen LogP contribution < -0.4 is 0 Å². The van der Waals surface area contributed by atoms with E-state index in [1.165, 1.54) is 0 Å². The maximum atomic E-state index is 9.88. The fourth-order valence-corrected chi connectivity index (χ4v) is 0. The van der Waals surface area contributed by atoms with E-state index in [0.29, 0.717) is 0 Å². The fraction of sp³-hybridized carbons (Fsp3) is 0. The minimum atomic E-state index is -5.16. The van der Waals surface area contributed by atoms with Gasteiger partial charge in [0, 0.05) is 0 Å². The molecule has 0 aromatic carbocycles. The summed E-state index contributed by atoms with van der Waals surface area (Å²) in [6, 6.07) is 0. The molecule has 5 heteroatoms. The Kier molecular flexibility index (Phi) is 13.4. The topological polar surface area (TPSA) is 0 Å². The number of hydrogen-bond acceptors (Lipinski definition) is 0. The minimum absolute atomic E-state index is 0. The van der Waals surface area contributed by atoms with Crippen molar-refractivity contribution in [2.45, 2.75) is 0 Å². The van der Waals surface area contributed by atoms with Gasteiger partial charge in [0.1, 0.15) is 0 Å². The third kappa shape index (κ3) is 21.4. The molecule has 5 heavy (non-hydrogen) atoms. The van der Waals surface area contributed by atoms with Crippen LogP contribution in [0.15, 0.2) is 0 Å². The molecule has 0 N–H and O–H groups in total. The molecular weight excluding hydrogens is 237 g/mol. The SMILES string of the molecule is [CaH2].[F][Ce]([F])[F]. The Bertz CT molecular complexity index is 11.6. The third-order valence-corrected chi connectivity index (χ3v) is 0. The molecule has 0 saturated carbocycles. The average Bonchev–Trinajstić information content (AvgIpc) is 0.811. The second kappa shape index (κ2) is 6.43. The van der Waals surface area contributed by atoms with E-state index in [2.05, 4.69) is 0 Å². The molecule has 0 radical (unpaired) electrons. The van der Waals surface area contributed by atoms with Gasteiger partial charge < -0.3 is 0 Å². The molecule has 0 saturated heterocycles. The zero-order chi connectivity index (χ0) is 3.58. The summed E-state index contributed by atoms with van der Waals surface area (Å²) in [7, 11) is 0. The van der Waals surface area contributed by atoms with Crippen LogP contribution in [-0.2, 0) is 0 Å². The average molecular weight is 239 g/mol. The molecule has 0 fully saturated rings. The summed E-state index contributed by atoms with van der Waals surface area (Å²) in [5.41, 5.74) is 0. The second-order valence-corrected chi connectivity index (χ2v) is 1.56. The van der Waals surface area contributed by atoms with Gasteiger partial charge in [0.05, 0.1) is 0 Å². The van der Waals surface area contributed by atoms with Crippen LogP contribution in [0.3, 0.4) is 0 Å². The van der Waals surface area contributed by atoms with Crippen LogP contribution in [0.4, 0.5) is 2.73 Å². The Morgan fingerprint density at radius 2 is 1.00 bits per heavy atom. The van der Waals surface area contributed by atoms with Crippen LogP contribution >= 0.6 is 0 Å². The standard InChI is InChI=1S/Ca.Ce.3FH.2H/h;;3*1H;;/q;+3;;;;;/p-3. The molecule has 0 aromatic rings. The second-order valence-electron chi connectivity index (χ2n) is 0.214. The fourth-order valence-electron chi connectivity index (χ4n) is 0. The predicted octanol–water partition coefficient (Wildman–Crippen LogP) is 0.344. The molecule has 0 unspecified atom stereocenters. The van der Waals surface area contributed by atoms with Gasteiger partial charge in [-0.1, -0.05) is 0 Å². The molecule has 29 valence electrons. The van der Waals surface area contributed by atoms with E-state index in [1.807, 2.05) is 0 Å². The van der Waals surface area contributed by atoms with Crippen molar-refractivity contribution < 1.29 is 40.7 Å².